The molecule has 0 aromatic heterocycles. The van der Waals surface area contributed by atoms with Gasteiger partial charge in [-0.05, 0) is 6.42 Å². The zero-order chi connectivity index (χ0) is 13.6. The molecule has 112 valence electrons. The summed E-state index contributed by atoms with van der Waals surface area (Å²) in [6.07, 6.45) is -3.18. The van der Waals surface area contributed by atoms with Crippen molar-refractivity contribution in [2.75, 3.05) is 0 Å². The summed E-state index contributed by atoms with van der Waals surface area (Å²) in [7, 11) is 0. The SMILES string of the molecule is N[C@@H](CCC(=O)OC(C(=O)O)C(=O)O)C(=O)[O-].[Fe].[NH4+]. The van der Waals surface area contributed by atoms with Crippen LogP contribution in [0.3, 0.4) is 0 Å². The van der Waals surface area contributed by atoms with E-state index >= 15 is 0 Å². The van der Waals surface area contributed by atoms with E-state index in [4.69, 9.17) is 15.9 Å². The second kappa shape index (κ2) is 10.3. The fourth-order valence-electron chi connectivity index (χ4n) is 0.788. The van der Waals surface area contributed by atoms with Gasteiger partial charge in [-0.3, -0.25) is 4.79 Å². The van der Waals surface area contributed by atoms with Crippen LogP contribution in [0.15, 0.2) is 0 Å². The Morgan fingerprint density at radius 2 is 1.58 bits per heavy atom. The molecule has 0 heterocycles. The minimum Gasteiger partial charge on any atom is -0.548 e. The summed E-state index contributed by atoms with van der Waals surface area (Å²) in [5.74, 6) is -6.42. The summed E-state index contributed by atoms with van der Waals surface area (Å²) >= 11 is 0. The molecule has 0 saturated heterocycles. The largest absolute Gasteiger partial charge is 0.548 e. The van der Waals surface area contributed by atoms with Gasteiger partial charge in [-0.1, -0.05) is 0 Å². The first kappa shape index (κ1) is 22.5. The Bertz CT molecular complexity index is 334. The molecule has 0 unspecified atom stereocenters. The van der Waals surface area contributed by atoms with Gasteiger partial charge in [0.2, 0.25) is 0 Å². The van der Waals surface area contributed by atoms with Crippen molar-refractivity contribution in [3.63, 3.8) is 0 Å². The van der Waals surface area contributed by atoms with Crippen molar-refractivity contribution in [3.8, 4) is 0 Å². The number of carboxylic acid groups (broad SMARTS) is 3. The molecule has 0 aliphatic rings. The van der Waals surface area contributed by atoms with Gasteiger partial charge in [0, 0.05) is 29.5 Å². The van der Waals surface area contributed by atoms with Gasteiger partial charge in [0.25, 0.3) is 6.10 Å². The molecular formula is C8H14FeN2O8. The number of hydrogen-bond donors (Lipinski definition) is 4. The van der Waals surface area contributed by atoms with Crippen LogP contribution in [-0.4, -0.2) is 46.2 Å². The number of quaternary nitrogens is 1. The maximum absolute atomic E-state index is 11.0. The first-order chi connectivity index (χ1) is 7.75. The molecule has 0 aliphatic carbocycles. The summed E-state index contributed by atoms with van der Waals surface area (Å²) in [5.41, 5.74) is 5.01. The van der Waals surface area contributed by atoms with Crippen LogP contribution in [0, 0.1) is 0 Å². The third kappa shape index (κ3) is 8.97. The van der Waals surface area contributed by atoms with Crippen molar-refractivity contribution < 1.29 is 56.3 Å². The number of aliphatic carboxylic acids is 3. The van der Waals surface area contributed by atoms with Gasteiger partial charge in [0.1, 0.15) is 0 Å². The van der Waals surface area contributed by atoms with Gasteiger partial charge in [0.15, 0.2) is 0 Å². The second-order valence-electron chi connectivity index (χ2n) is 3.01. The van der Waals surface area contributed by atoms with Crippen molar-refractivity contribution >= 4 is 23.9 Å². The number of rotatable bonds is 7. The summed E-state index contributed by atoms with van der Waals surface area (Å²) in [6.45, 7) is 0. The van der Waals surface area contributed by atoms with E-state index in [1.54, 1.807) is 0 Å². The van der Waals surface area contributed by atoms with Crippen molar-refractivity contribution in [2.24, 2.45) is 5.73 Å². The molecule has 11 heteroatoms. The van der Waals surface area contributed by atoms with Crippen molar-refractivity contribution in [1.29, 1.82) is 0 Å². The zero-order valence-corrected chi connectivity index (χ0v) is 10.9. The Labute approximate surface area is 118 Å². The van der Waals surface area contributed by atoms with Crippen LogP contribution in [0.4, 0.5) is 0 Å². The van der Waals surface area contributed by atoms with E-state index in [0.29, 0.717) is 0 Å². The van der Waals surface area contributed by atoms with Crippen molar-refractivity contribution in [3.05, 3.63) is 0 Å². The van der Waals surface area contributed by atoms with Gasteiger partial charge in [-0.2, -0.15) is 0 Å². The number of hydrogen-bond acceptors (Lipinski definition) is 7. The van der Waals surface area contributed by atoms with E-state index in [1.165, 1.54) is 0 Å². The standard InChI is InChI=1S/C8H11NO8.Fe.H3N/c9-3(6(11)12)1-2-4(10)17-5(7(13)14)8(15)16;;/h3,5H,1-2,9H2,(H,11,12)(H,13,14)(H,15,16);;1H3/t3-;;/m0../s1. The summed E-state index contributed by atoms with van der Waals surface area (Å²) in [6, 6.07) is -1.41. The minimum absolute atomic E-state index is 0. The van der Waals surface area contributed by atoms with E-state index in [-0.39, 0.29) is 29.6 Å². The van der Waals surface area contributed by atoms with Gasteiger partial charge in [-0.25, -0.2) is 9.59 Å². The average molecular weight is 322 g/mol. The number of carboxylic acids is 3. The third-order valence-corrected chi connectivity index (χ3v) is 1.66. The van der Waals surface area contributed by atoms with E-state index < -0.39 is 42.4 Å². The Kier molecular flexibility index (Phi) is 12.1. The molecule has 0 spiro atoms. The fourth-order valence-corrected chi connectivity index (χ4v) is 0.788. The number of carbonyl (C=O) groups excluding carboxylic acids is 2. The molecular weight excluding hydrogens is 308 g/mol. The molecule has 10 nitrogen and oxygen atoms in total. The van der Waals surface area contributed by atoms with Crippen molar-refractivity contribution in [1.82, 2.24) is 6.15 Å². The van der Waals surface area contributed by atoms with Crippen LogP contribution in [0.1, 0.15) is 12.8 Å². The maximum atomic E-state index is 11.0. The molecule has 0 aromatic carbocycles. The van der Waals surface area contributed by atoms with E-state index in [2.05, 4.69) is 4.74 Å². The van der Waals surface area contributed by atoms with E-state index in [0.717, 1.165) is 0 Å². The van der Waals surface area contributed by atoms with Gasteiger partial charge in [-0.15, -0.1) is 0 Å². The molecule has 19 heavy (non-hydrogen) atoms. The van der Waals surface area contributed by atoms with Crippen LogP contribution in [-0.2, 0) is 41.0 Å². The molecule has 8 N–H and O–H groups in total. The van der Waals surface area contributed by atoms with E-state index in [1.807, 2.05) is 0 Å². The Balaban J connectivity index is -0.00000128. The van der Waals surface area contributed by atoms with E-state index in [9.17, 15) is 24.3 Å². The topological polar surface area (TPSA) is 204 Å². The summed E-state index contributed by atoms with van der Waals surface area (Å²) in [5, 5.41) is 26.9. The number of nitrogens with two attached hydrogens (primary N) is 1. The maximum Gasteiger partial charge on any atom is 0.356 e. The second-order valence-corrected chi connectivity index (χ2v) is 3.01. The molecule has 0 bridgehead atoms. The van der Waals surface area contributed by atoms with Crippen LogP contribution in [0.25, 0.3) is 0 Å². The molecule has 0 aliphatic heterocycles. The molecule has 0 radical (unpaired) electrons. The molecule has 0 fully saturated rings. The Hall–Kier alpha value is -1.68. The summed E-state index contributed by atoms with van der Waals surface area (Å²) < 4.78 is 4.10. The van der Waals surface area contributed by atoms with Crippen LogP contribution in [0.2, 0.25) is 0 Å². The molecule has 0 rings (SSSR count). The molecule has 0 amide bonds. The van der Waals surface area contributed by atoms with Crippen LogP contribution < -0.4 is 17.0 Å². The monoisotopic (exact) mass is 322 g/mol. The third-order valence-electron chi connectivity index (χ3n) is 1.66. The van der Waals surface area contributed by atoms with Gasteiger partial charge < -0.3 is 36.7 Å². The molecule has 0 aromatic rings. The number of carbonyl (C=O) groups is 4. The molecule has 1 atom stereocenters. The van der Waals surface area contributed by atoms with Crippen molar-refractivity contribution in [2.45, 2.75) is 25.0 Å². The smallest absolute Gasteiger partial charge is 0.356 e. The Morgan fingerprint density at radius 3 is 1.89 bits per heavy atom. The predicted octanol–water partition coefficient (Wildman–Crippen LogP) is -2.70. The number of ether oxygens (including phenoxy) is 1. The zero-order valence-electron chi connectivity index (χ0n) is 9.84. The van der Waals surface area contributed by atoms with Gasteiger partial charge in [0.05, 0.1) is 5.97 Å². The first-order valence-electron chi connectivity index (χ1n) is 4.37. The fraction of sp³-hybridized carbons (Fsp3) is 0.500. The normalized spacial score (nSPS) is 10.6. The minimum atomic E-state index is -2.32. The van der Waals surface area contributed by atoms with Crippen LogP contribution >= 0.6 is 0 Å². The summed E-state index contributed by atoms with van der Waals surface area (Å²) in [4.78, 5) is 41.8. The quantitative estimate of drug-likeness (QED) is 0.218. The first-order valence-corrected chi connectivity index (χ1v) is 4.37. The average Bonchev–Trinajstić information content (AvgIpc) is 2.21. The number of esters is 1. The molecule has 0 saturated carbocycles. The van der Waals surface area contributed by atoms with Crippen LogP contribution in [0.5, 0.6) is 0 Å². The Morgan fingerprint density at radius 1 is 1.16 bits per heavy atom. The predicted molar refractivity (Wildman–Crippen MR) is 53.4 cm³/mol. The van der Waals surface area contributed by atoms with Gasteiger partial charge >= 0.3 is 17.9 Å².